The van der Waals surface area contributed by atoms with E-state index >= 15 is 0 Å². The summed E-state index contributed by atoms with van der Waals surface area (Å²) >= 11 is 3.34. The maximum atomic E-state index is 11.2. The number of hydrogen-bond acceptors (Lipinski definition) is 4. The molecule has 0 aliphatic carbocycles. The zero-order valence-electron chi connectivity index (χ0n) is 9.34. The molecule has 6 nitrogen and oxygen atoms in total. The van der Waals surface area contributed by atoms with Gasteiger partial charge in [-0.05, 0) is 30.3 Å². The number of nitrogen functional groups attached to an aromatic ring is 1. The number of nitrogens with one attached hydrogen (secondary N) is 1. The minimum Gasteiger partial charge on any atom is -0.471 e. The van der Waals surface area contributed by atoms with Gasteiger partial charge in [0.2, 0.25) is 0 Å². The van der Waals surface area contributed by atoms with Crippen LogP contribution >= 0.6 is 15.9 Å². The highest BCUT2D eigenvalue weighted by atomic mass is 79.9. The van der Waals surface area contributed by atoms with E-state index in [2.05, 4.69) is 21.0 Å². The molecular weight excluding hydrogens is 300 g/mol. The number of carbonyl (C=O) groups excluding carboxylic acids is 1. The van der Waals surface area contributed by atoms with Crippen LogP contribution in [0.2, 0.25) is 0 Å². The molecule has 0 aliphatic rings. The lowest BCUT2D eigenvalue weighted by atomic mass is 10.3. The molecule has 0 aliphatic heterocycles. The first-order chi connectivity index (χ1) is 8.69. The second kappa shape index (κ2) is 5.65. The Hall–Kier alpha value is -1.86. The average Bonchev–Trinajstić information content (AvgIpc) is 2.86. The quantitative estimate of drug-likeness (QED) is 0.506. The number of carbonyl (C=O) groups is 1. The van der Waals surface area contributed by atoms with Crippen LogP contribution < -0.4 is 16.0 Å². The molecule has 0 unspecified atom stereocenters. The van der Waals surface area contributed by atoms with E-state index in [1.165, 1.54) is 4.68 Å². The van der Waals surface area contributed by atoms with Crippen molar-refractivity contribution in [1.82, 2.24) is 15.2 Å². The maximum absolute atomic E-state index is 11.2. The van der Waals surface area contributed by atoms with E-state index in [-0.39, 0.29) is 12.4 Å². The Balaban J connectivity index is 1.96. The number of rotatable bonds is 4. The fraction of sp³-hybridized carbons (Fsp3) is 0.0909. The molecule has 0 atom stereocenters. The Bertz CT molecular complexity index is 538. The Morgan fingerprint density at radius 2 is 2.11 bits per heavy atom. The normalized spacial score (nSPS) is 10.1. The minimum atomic E-state index is -0.433. The summed E-state index contributed by atoms with van der Waals surface area (Å²) in [4.78, 5) is 11.2. The van der Waals surface area contributed by atoms with E-state index < -0.39 is 5.91 Å². The Labute approximate surface area is 112 Å². The number of ether oxygens (including phenoxy) is 1. The fourth-order valence-electron chi connectivity index (χ4n) is 1.30. The molecule has 7 heteroatoms. The highest BCUT2D eigenvalue weighted by Gasteiger charge is 2.07. The average molecular weight is 311 g/mol. The molecule has 3 N–H and O–H groups in total. The van der Waals surface area contributed by atoms with E-state index in [0.717, 1.165) is 10.2 Å². The monoisotopic (exact) mass is 310 g/mol. The van der Waals surface area contributed by atoms with Gasteiger partial charge in [-0.2, -0.15) is 5.10 Å². The second-order valence-corrected chi connectivity index (χ2v) is 4.36. The molecule has 0 radical (unpaired) electrons. The molecule has 1 aromatic carbocycles. The number of amides is 1. The molecule has 1 amide bonds. The summed E-state index contributed by atoms with van der Waals surface area (Å²) in [5.41, 5.74) is 2.26. The van der Waals surface area contributed by atoms with Crippen molar-refractivity contribution in [2.45, 2.75) is 6.73 Å². The summed E-state index contributed by atoms with van der Waals surface area (Å²) in [6, 6.07) is 8.99. The predicted octanol–water partition coefficient (Wildman–Crippen LogP) is 1.29. The van der Waals surface area contributed by atoms with E-state index in [1.807, 2.05) is 29.7 Å². The van der Waals surface area contributed by atoms with Crippen molar-refractivity contribution in [3.8, 4) is 5.75 Å². The number of nitrogens with zero attached hydrogens (tertiary/aromatic N) is 2. The molecule has 2 aromatic rings. The van der Waals surface area contributed by atoms with Gasteiger partial charge in [0, 0.05) is 10.7 Å². The van der Waals surface area contributed by atoms with Crippen LogP contribution in [0.25, 0.3) is 0 Å². The first kappa shape index (κ1) is 12.6. The van der Waals surface area contributed by atoms with Gasteiger partial charge in [0.05, 0.1) is 0 Å². The van der Waals surface area contributed by atoms with E-state index in [4.69, 9.17) is 10.6 Å². The molecule has 1 heterocycles. The Morgan fingerprint density at radius 1 is 1.39 bits per heavy atom. The van der Waals surface area contributed by atoms with Gasteiger partial charge in [-0.3, -0.25) is 10.2 Å². The van der Waals surface area contributed by atoms with Crippen LogP contribution in [0.15, 0.2) is 41.0 Å². The molecule has 2 rings (SSSR count). The number of aromatic nitrogens is 2. The summed E-state index contributed by atoms with van der Waals surface area (Å²) in [5.74, 6) is 5.30. The van der Waals surface area contributed by atoms with E-state index in [9.17, 15) is 4.79 Å². The summed E-state index contributed by atoms with van der Waals surface area (Å²) < 4.78 is 7.98. The molecule has 0 saturated heterocycles. The lowest BCUT2D eigenvalue weighted by Crippen LogP contribution is -2.30. The molecule has 0 spiro atoms. The third-order valence-electron chi connectivity index (χ3n) is 2.18. The first-order valence-electron chi connectivity index (χ1n) is 5.12. The number of benzene rings is 1. The third kappa shape index (κ3) is 3.08. The van der Waals surface area contributed by atoms with Gasteiger partial charge < -0.3 is 4.74 Å². The minimum absolute atomic E-state index is 0.222. The van der Waals surface area contributed by atoms with Crippen molar-refractivity contribution in [3.05, 3.63) is 46.7 Å². The van der Waals surface area contributed by atoms with Crippen LogP contribution in [0, 0.1) is 0 Å². The van der Waals surface area contributed by atoms with Crippen molar-refractivity contribution in [3.63, 3.8) is 0 Å². The van der Waals surface area contributed by atoms with Crippen LogP contribution in [-0.2, 0) is 6.73 Å². The summed E-state index contributed by atoms with van der Waals surface area (Å²) in [5, 5.41) is 4.00. The van der Waals surface area contributed by atoms with E-state index in [0.29, 0.717) is 0 Å². The standard InChI is InChI=1S/C11H11BrN4O2/c12-8-1-3-9(4-2-8)18-7-16-6-5-10(15-16)11(17)14-13/h1-6H,7,13H2,(H,14,17). The fourth-order valence-corrected chi connectivity index (χ4v) is 1.56. The van der Waals surface area contributed by atoms with Gasteiger partial charge in [0.15, 0.2) is 12.4 Å². The number of nitrogens with two attached hydrogens (primary N) is 1. The molecule has 0 bridgehead atoms. The highest BCUT2D eigenvalue weighted by molar-refractivity contribution is 9.10. The zero-order valence-corrected chi connectivity index (χ0v) is 10.9. The van der Waals surface area contributed by atoms with Gasteiger partial charge in [-0.1, -0.05) is 15.9 Å². The molecule has 1 aromatic heterocycles. The van der Waals surface area contributed by atoms with Crippen LogP contribution in [-0.4, -0.2) is 15.7 Å². The molecule has 94 valence electrons. The Kier molecular flexibility index (Phi) is 3.96. The van der Waals surface area contributed by atoms with Gasteiger partial charge in [-0.25, -0.2) is 10.5 Å². The molecule has 0 saturated carbocycles. The van der Waals surface area contributed by atoms with Gasteiger partial charge in [-0.15, -0.1) is 0 Å². The number of hydrazine groups is 1. The molecule has 18 heavy (non-hydrogen) atoms. The summed E-state index contributed by atoms with van der Waals surface area (Å²) in [7, 11) is 0. The number of hydrogen-bond donors (Lipinski definition) is 2. The highest BCUT2D eigenvalue weighted by Crippen LogP contribution is 2.16. The molecule has 0 fully saturated rings. The third-order valence-corrected chi connectivity index (χ3v) is 2.71. The van der Waals surface area contributed by atoms with Gasteiger partial charge >= 0.3 is 0 Å². The summed E-state index contributed by atoms with van der Waals surface area (Å²) in [6.45, 7) is 0.222. The lowest BCUT2D eigenvalue weighted by Gasteiger charge is -2.05. The maximum Gasteiger partial charge on any atom is 0.285 e. The number of halogens is 1. The van der Waals surface area contributed by atoms with Crippen LogP contribution in [0.4, 0.5) is 0 Å². The summed E-state index contributed by atoms with van der Waals surface area (Å²) in [6.07, 6.45) is 1.64. The van der Waals surface area contributed by atoms with Gasteiger partial charge in [0.25, 0.3) is 5.91 Å². The largest absolute Gasteiger partial charge is 0.471 e. The van der Waals surface area contributed by atoms with Crippen molar-refractivity contribution in [2.75, 3.05) is 0 Å². The topological polar surface area (TPSA) is 82.2 Å². The smallest absolute Gasteiger partial charge is 0.285 e. The lowest BCUT2D eigenvalue weighted by molar-refractivity contribution is 0.0946. The second-order valence-electron chi connectivity index (χ2n) is 3.44. The SMILES string of the molecule is NNC(=O)c1ccn(COc2ccc(Br)cc2)n1. The van der Waals surface area contributed by atoms with Crippen LogP contribution in [0.1, 0.15) is 10.5 Å². The predicted molar refractivity (Wildman–Crippen MR) is 68.7 cm³/mol. The Morgan fingerprint density at radius 3 is 2.78 bits per heavy atom. The first-order valence-corrected chi connectivity index (χ1v) is 5.91. The molecular formula is C11H11BrN4O2. The van der Waals surface area contributed by atoms with Crippen LogP contribution in [0.5, 0.6) is 5.75 Å². The van der Waals surface area contributed by atoms with Crippen LogP contribution in [0.3, 0.4) is 0 Å². The van der Waals surface area contributed by atoms with Crippen molar-refractivity contribution < 1.29 is 9.53 Å². The van der Waals surface area contributed by atoms with Gasteiger partial charge in [0.1, 0.15) is 5.75 Å². The van der Waals surface area contributed by atoms with Crippen molar-refractivity contribution in [1.29, 1.82) is 0 Å². The van der Waals surface area contributed by atoms with E-state index in [1.54, 1.807) is 12.3 Å². The van der Waals surface area contributed by atoms with Crippen molar-refractivity contribution in [2.24, 2.45) is 5.84 Å². The zero-order chi connectivity index (χ0) is 13.0. The van der Waals surface area contributed by atoms with Crippen molar-refractivity contribution >= 4 is 21.8 Å².